The zero-order valence-electron chi connectivity index (χ0n) is 12.0. The summed E-state index contributed by atoms with van der Waals surface area (Å²) in [4.78, 5) is 0. The SMILES string of the molecule is CCC1CCC(CNC)C(Cc2cnn(C)c2)C1. The molecule has 1 aromatic heterocycles. The van der Waals surface area contributed by atoms with E-state index in [1.54, 1.807) is 0 Å². The van der Waals surface area contributed by atoms with Crippen LogP contribution in [0, 0.1) is 17.8 Å². The van der Waals surface area contributed by atoms with Gasteiger partial charge in [-0.25, -0.2) is 0 Å². The largest absolute Gasteiger partial charge is 0.319 e. The molecule has 1 N–H and O–H groups in total. The Morgan fingerprint density at radius 3 is 2.83 bits per heavy atom. The van der Waals surface area contributed by atoms with E-state index in [2.05, 4.69) is 30.6 Å². The first-order valence-corrected chi connectivity index (χ1v) is 7.35. The molecule has 3 nitrogen and oxygen atoms in total. The Labute approximate surface area is 111 Å². The third-order valence-corrected chi connectivity index (χ3v) is 4.55. The summed E-state index contributed by atoms with van der Waals surface area (Å²) in [5.41, 5.74) is 1.40. The molecule has 1 saturated carbocycles. The van der Waals surface area contributed by atoms with E-state index in [-0.39, 0.29) is 0 Å². The lowest BCUT2D eigenvalue weighted by Crippen LogP contribution is -2.32. The smallest absolute Gasteiger partial charge is 0.0521 e. The minimum atomic E-state index is 0.834. The highest BCUT2D eigenvalue weighted by Crippen LogP contribution is 2.37. The van der Waals surface area contributed by atoms with Crippen molar-refractivity contribution in [2.75, 3.05) is 13.6 Å². The van der Waals surface area contributed by atoms with Crippen LogP contribution in [-0.2, 0) is 13.5 Å². The van der Waals surface area contributed by atoms with Crippen LogP contribution >= 0.6 is 0 Å². The van der Waals surface area contributed by atoms with Gasteiger partial charge in [-0.05, 0) is 56.2 Å². The van der Waals surface area contributed by atoms with Gasteiger partial charge in [0.2, 0.25) is 0 Å². The van der Waals surface area contributed by atoms with Crippen molar-refractivity contribution in [1.29, 1.82) is 0 Å². The molecule has 18 heavy (non-hydrogen) atoms. The zero-order valence-corrected chi connectivity index (χ0v) is 12.0. The van der Waals surface area contributed by atoms with Crippen LogP contribution in [0.25, 0.3) is 0 Å². The molecule has 1 aliphatic rings. The normalized spacial score (nSPS) is 28.5. The molecule has 0 aromatic carbocycles. The standard InChI is InChI=1S/C15H27N3/c1-4-12-5-6-14(10-16-2)15(7-12)8-13-9-17-18(3)11-13/h9,11-12,14-16H,4-8,10H2,1-3H3. The zero-order chi connectivity index (χ0) is 13.0. The first-order valence-electron chi connectivity index (χ1n) is 7.35. The summed E-state index contributed by atoms with van der Waals surface area (Å²) >= 11 is 0. The molecule has 1 heterocycles. The Kier molecular flexibility index (Phi) is 4.81. The Balaban J connectivity index is 2.00. The molecule has 0 bridgehead atoms. The van der Waals surface area contributed by atoms with Crippen LogP contribution in [0.1, 0.15) is 38.2 Å². The predicted molar refractivity (Wildman–Crippen MR) is 75.5 cm³/mol. The maximum Gasteiger partial charge on any atom is 0.0521 e. The van der Waals surface area contributed by atoms with E-state index >= 15 is 0 Å². The van der Waals surface area contributed by atoms with E-state index in [9.17, 15) is 0 Å². The molecule has 0 amide bonds. The fourth-order valence-corrected chi connectivity index (χ4v) is 3.46. The van der Waals surface area contributed by atoms with Crippen LogP contribution in [0.5, 0.6) is 0 Å². The molecular weight excluding hydrogens is 222 g/mol. The Morgan fingerprint density at radius 1 is 1.39 bits per heavy atom. The maximum atomic E-state index is 4.29. The lowest BCUT2D eigenvalue weighted by Gasteiger charge is -2.36. The molecule has 1 fully saturated rings. The van der Waals surface area contributed by atoms with E-state index in [0.29, 0.717) is 0 Å². The minimum absolute atomic E-state index is 0.834. The number of aryl methyl sites for hydroxylation is 1. The first kappa shape index (κ1) is 13.6. The summed E-state index contributed by atoms with van der Waals surface area (Å²) in [7, 11) is 4.08. The number of rotatable bonds is 5. The molecule has 1 aromatic rings. The Bertz CT molecular complexity index is 358. The number of nitrogens with zero attached hydrogens (tertiary/aromatic N) is 2. The van der Waals surface area contributed by atoms with Crippen molar-refractivity contribution in [3.63, 3.8) is 0 Å². The van der Waals surface area contributed by atoms with E-state index in [4.69, 9.17) is 0 Å². The van der Waals surface area contributed by atoms with Gasteiger partial charge in [-0.15, -0.1) is 0 Å². The molecule has 0 saturated heterocycles. The molecule has 1 aliphatic carbocycles. The second-order valence-electron chi connectivity index (χ2n) is 5.89. The van der Waals surface area contributed by atoms with Crippen molar-refractivity contribution in [2.24, 2.45) is 24.8 Å². The minimum Gasteiger partial charge on any atom is -0.319 e. The van der Waals surface area contributed by atoms with Crippen molar-refractivity contribution in [3.8, 4) is 0 Å². The van der Waals surface area contributed by atoms with Crippen molar-refractivity contribution in [2.45, 2.75) is 39.0 Å². The molecular formula is C15H27N3. The average molecular weight is 249 g/mol. The van der Waals surface area contributed by atoms with Crippen molar-refractivity contribution >= 4 is 0 Å². The molecule has 3 atom stereocenters. The van der Waals surface area contributed by atoms with E-state index in [0.717, 1.165) is 17.8 Å². The van der Waals surface area contributed by atoms with Crippen LogP contribution in [0.15, 0.2) is 12.4 Å². The fourth-order valence-electron chi connectivity index (χ4n) is 3.46. The molecule has 3 unspecified atom stereocenters. The average Bonchev–Trinajstić information content (AvgIpc) is 2.77. The second kappa shape index (κ2) is 6.37. The Hall–Kier alpha value is -0.830. The third kappa shape index (κ3) is 3.35. The summed E-state index contributed by atoms with van der Waals surface area (Å²) in [5.74, 6) is 2.62. The lowest BCUT2D eigenvalue weighted by atomic mass is 9.71. The van der Waals surface area contributed by atoms with Gasteiger partial charge in [0.05, 0.1) is 6.20 Å². The van der Waals surface area contributed by atoms with Gasteiger partial charge in [-0.3, -0.25) is 4.68 Å². The van der Waals surface area contributed by atoms with Crippen LogP contribution < -0.4 is 5.32 Å². The van der Waals surface area contributed by atoms with Gasteiger partial charge in [0.15, 0.2) is 0 Å². The van der Waals surface area contributed by atoms with Crippen molar-refractivity contribution in [1.82, 2.24) is 15.1 Å². The van der Waals surface area contributed by atoms with Gasteiger partial charge < -0.3 is 5.32 Å². The summed E-state index contributed by atoms with van der Waals surface area (Å²) < 4.78 is 1.92. The maximum absolute atomic E-state index is 4.29. The molecule has 102 valence electrons. The van der Waals surface area contributed by atoms with Crippen molar-refractivity contribution in [3.05, 3.63) is 18.0 Å². The third-order valence-electron chi connectivity index (χ3n) is 4.55. The van der Waals surface area contributed by atoms with E-state index in [1.165, 1.54) is 44.2 Å². The molecule has 0 spiro atoms. The topological polar surface area (TPSA) is 29.9 Å². The lowest BCUT2D eigenvalue weighted by molar-refractivity contribution is 0.173. The van der Waals surface area contributed by atoms with Gasteiger partial charge in [0.25, 0.3) is 0 Å². The van der Waals surface area contributed by atoms with Crippen LogP contribution in [0.2, 0.25) is 0 Å². The highest BCUT2D eigenvalue weighted by atomic mass is 15.2. The van der Waals surface area contributed by atoms with Gasteiger partial charge >= 0.3 is 0 Å². The molecule has 0 aliphatic heterocycles. The molecule has 3 heteroatoms. The quantitative estimate of drug-likeness (QED) is 0.869. The van der Waals surface area contributed by atoms with Crippen LogP contribution in [-0.4, -0.2) is 23.4 Å². The monoisotopic (exact) mass is 249 g/mol. The van der Waals surface area contributed by atoms with E-state index in [1.807, 2.05) is 17.9 Å². The first-order chi connectivity index (χ1) is 8.72. The summed E-state index contributed by atoms with van der Waals surface area (Å²) in [6.45, 7) is 3.51. The Morgan fingerprint density at radius 2 is 2.22 bits per heavy atom. The van der Waals surface area contributed by atoms with Gasteiger partial charge in [-0.1, -0.05) is 19.8 Å². The summed E-state index contributed by atoms with van der Waals surface area (Å²) in [6, 6.07) is 0. The predicted octanol–water partition coefficient (Wildman–Crippen LogP) is 2.62. The fraction of sp³-hybridized carbons (Fsp3) is 0.800. The summed E-state index contributed by atoms with van der Waals surface area (Å²) in [6.07, 6.45) is 11.0. The van der Waals surface area contributed by atoms with E-state index < -0.39 is 0 Å². The second-order valence-corrected chi connectivity index (χ2v) is 5.89. The van der Waals surface area contributed by atoms with Crippen molar-refractivity contribution < 1.29 is 0 Å². The highest BCUT2D eigenvalue weighted by Gasteiger charge is 2.29. The van der Waals surface area contributed by atoms with Gasteiger partial charge in [-0.2, -0.15) is 5.10 Å². The molecule has 0 radical (unpaired) electrons. The number of hydrogen-bond donors (Lipinski definition) is 1. The van der Waals surface area contributed by atoms with Crippen LogP contribution in [0.3, 0.4) is 0 Å². The molecule has 2 rings (SSSR count). The van der Waals surface area contributed by atoms with Gasteiger partial charge in [0, 0.05) is 13.2 Å². The number of hydrogen-bond acceptors (Lipinski definition) is 2. The number of nitrogens with one attached hydrogen (secondary N) is 1. The van der Waals surface area contributed by atoms with Crippen LogP contribution in [0.4, 0.5) is 0 Å². The highest BCUT2D eigenvalue weighted by molar-refractivity contribution is 5.06. The summed E-state index contributed by atoms with van der Waals surface area (Å²) in [5, 5.41) is 7.66. The van der Waals surface area contributed by atoms with Gasteiger partial charge in [0.1, 0.15) is 0 Å². The number of aromatic nitrogens is 2.